The van der Waals surface area contributed by atoms with E-state index in [-0.39, 0.29) is 24.1 Å². The molecule has 1 aromatic carbocycles. The van der Waals surface area contributed by atoms with E-state index in [0.717, 1.165) is 5.56 Å². The molecular weight excluding hydrogens is 416 g/mol. The third-order valence-electron chi connectivity index (χ3n) is 4.28. The van der Waals surface area contributed by atoms with Gasteiger partial charge in [0.1, 0.15) is 5.84 Å². The third kappa shape index (κ3) is 5.64. The van der Waals surface area contributed by atoms with Gasteiger partial charge in [-0.25, -0.2) is 4.98 Å². The van der Waals surface area contributed by atoms with Crippen LogP contribution in [0.3, 0.4) is 0 Å². The van der Waals surface area contributed by atoms with E-state index in [1.807, 2.05) is 13.0 Å². The molecule has 0 unspecified atom stereocenters. The number of aromatic nitrogens is 2. The van der Waals surface area contributed by atoms with E-state index in [4.69, 9.17) is 15.9 Å². The van der Waals surface area contributed by atoms with Crippen LogP contribution in [0.1, 0.15) is 34.1 Å². The SMILES string of the molecule is CCOC(=O)Cc1csc(NC(=O)c2ccc(C)c(Nc3cnccc3C(=N)N)c2)n1. The van der Waals surface area contributed by atoms with Gasteiger partial charge in [0, 0.05) is 28.4 Å². The standard InChI is InChI=1S/C21H22N6O3S/c1-3-30-18(28)9-14-11-31-21(25-14)27-20(29)13-5-4-12(2)16(8-13)26-17-10-24-7-6-15(17)19(22)23/h4-8,10-11,26H,3,9H2,1-2H3,(H3,22,23)(H,25,27,29). The number of ether oxygens (including phenoxy) is 1. The lowest BCUT2D eigenvalue weighted by Crippen LogP contribution is -2.14. The van der Waals surface area contributed by atoms with Gasteiger partial charge in [-0.2, -0.15) is 0 Å². The Labute approximate surface area is 183 Å². The highest BCUT2D eigenvalue weighted by atomic mass is 32.1. The molecule has 10 heteroatoms. The van der Waals surface area contributed by atoms with Gasteiger partial charge in [-0.05, 0) is 37.6 Å². The number of hydrogen-bond donors (Lipinski definition) is 4. The van der Waals surface area contributed by atoms with E-state index in [2.05, 4.69) is 20.6 Å². The second-order valence-electron chi connectivity index (χ2n) is 6.57. The molecular formula is C21H22N6O3S. The van der Waals surface area contributed by atoms with Crippen LogP contribution in [0.25, 0.3) is 0 Å². The number of pyridine rings is 1. The molecule has 160 valence electrons. The minimum Gasteiger partial charge on any atom is -0.466 e. The van der Waals surface area contributed by atoms with Gasteiger partial charge in [0.05, 0.1) is 30.6 Å². The van der Waals surface area contributed by atoms with E-state index in [0.29, 0.717) is 39.9 Å². The molecule has 0 aliphatic rings. The number of nitrogen functional groups attached to an aromatic ring is 1. The minimum atomic E-state index is -0.361. The number of amidine groups is 1. The number of esters is 1. The van der Waals surface area contributed by atoms with E-state index < -0.39 is 0 Å². The molecule has 0 bridgehead atoms. The molecule has 0 saturated carbocycles. The van der Waals surface area contributed by atoms with Gasteiger partial charge in [-0.1, -0.05) is 6.07 Å². The Morgan fingerprint density at radius 3 is 2.81 bits per heavy atom. The summed E-state index contributed by atoms with van der Waals surface area (Å²) in [7, 11) is 0. The van der Waals surface area contributed by atoms with Crippen molar-refractivity contribution < 1.29 is 14.3 Å². The average Bonchev–Trinajstić information content (AvgIpc) is 3.16. The number of amides is 1. The van der Waals surface area contributed by atoms with Crippen LogP contribution in [0.2, 0.25) is 0 Å². The van der Waals surface area contributed by atoms with Crippen LogP contribution in [0.4, 0.5) is 16.5 Å². The molecule has 0 aliphatic heterocycles. The Morgan fingerprint density at radius 1 is 1.26 bits per heavy atom. The number of anilines is 3. The second-order valence-corrected chi connectivity index (χ2v) is 7.43. The number of rotatable bonds is 8. The number of nitrogens with two attached hydrogens (primary N) is 1. The maximum absolute atomic E-state index is 12.7. The number of carbonyl (C=O) groups excluding carboxylic acids is 2. The van der Waals surface area contributed by atoms with Crippen LogP contribution in [0.15, 0.2) is 42.0 Å². The van der Waals surface area contributed by atoms with Gasteiger partial charge in [-0.15, -0.1) is 11.3 Å². The van der Waals surface area contributed by atoms with Gasteiger partial charge in [-0.3, -0.25) is 25.3 Å². The molecule has 3 rings (SSSR count). The van der Waals surface area contributed by atoms with Crippen molar-refractivity contribution in [1.82, 2.24) is 9.97 Å². The quantitative estimate of drug-likeness (QED) is 0.240. The maximum Gasteiger partial charge on any atom is 0.311 e. The predicted molar refractivity (Wildman–Crippen MR) is 120 cm³/mol. The lowest BCUT2D eigenvalue weighted by molar-refractivity contribution is -0.142. The molecule has 0 fully saturated rings. The Morgan fingerprint density at radius 2 is 2.06 bits per heavy atom. The largest absolute Gasteiger partial charge is 0.466 e. The number of hydrogen-bond acceptors (Lipinski definition) is 8. The van der Waals surface area contributed by atoms with Crippen LogP contribution < -0.4 is 16.4 Å². The van der Waals surface area contributed by atoms with Crippen molar-refractivity contribution in [2.24, 2.45) is 5.73 Å². The van der Waals surface area contributed by atoms with Gasteiger partial charge < -0.3 is 15.8 Å². The molecule has 0 atom stereocenters. The normalized spacial score (nSPS) is 10.4. The highest BCUT2D eigenvalue weighted by Crippen LogP contribution is 2.25. The third-order valence-corrected chi connectivity index (χ3v) is 5.09. The highest BCUT2D eigenvalue weighted by molar-refractivity contribution is 7.14. The van der Waals surface area contributed by atoms with E-state index in [1.54, 1.807) is 42.9 Å². The number of carbonyl (C=O) groups is 2. The highest BCUT2D eigenvalue weighted by Gasteiger charge is 2.14. The number of nitrogens with zero attached hydrogens (tertiary/aromatic N) is 2. The van der Waals surface area contributed by atoms with Crippen LogP contribution in [0, 0.1) is 12.3 Å². The summed E-state index contributed by atoms with van der Waals surface area (Å²) in [6.07, 6.45) is 3.19. The van der Waals surface area contributed by atoms with Crippen molar-refractivity contribution >= 4 is 45.6 Å². The number of aryl methyl sites for hydroxylation is 1. The van der Waals surface area contributed by atoms with Crippen molar-refractivity contribution in [2.45, 2.75) is 20.3 Å². The summed E-state index contributed by atoms with van der Waals surface area (Å²) >= 11 is 1.24. The molecule has 2 aromatic heterocycles. The molecule has 9 nitrogen and oxygen atoms in total. The first kappa shape index (κ1) is 21.9. The smallest absolute Gasteiger partial charge is 0.311 e. The fraction of sp³-hybridized carbons (Fsp3) is 0.190. The summed E-state index contributed by atoms with van der Waals surface area (Å²) in [6.45, 7) is 3.95. The Bertz CT molecular complexity index is 1130. The molecule has 1 amide bonds. The number of thiazole rings is 1. The van der Waals surface area contributed by atoms with Crippen molar-refractivity contribution in [3.05, 3.63) is 64.4 Å². The monoisotopic (exact) mass is 438 g/mol. The Hall–Kier alpha value is -3.79. The molecule has 0 aliphatic carbocycles. The predicted octanol–water partition coefficient (Wildman–Crippen LogP) is 3.23. The van der Waals surface area contributed by atoms with Crippen LogP contribution in [-0.4, -0.2) is 34.3 Å². The fourth-order valence-corrected chi connectivity index (χ4v) is 3.45. The summed E-state index contributed by atoms with van der Waals surface area (Å²) in [5.74, 6) is -0.780. The van der Waals surface area contributed by atoms with E-state index >= 15 is 0 Å². The molecule has 2 heterocycles. The van der Waals surface area contributed by atoms with Gasteiger partial charge >= 0.3 is 5.97 Å². The first-order valence-corrected chi connectivity index (χ1v) is 10.3. The van der Waals surface area contributed by atoms with Crippen LogP contribution in [0.5, 0.6) is 0 Å². The second kappa shape index (κ2) is 9.81. The zero-order valence-corrected chi connectivity index (χ0v) is 17.9. The summed E-state index contributed by atoms with van der Waals surface area (Å²) in [6, 6.07) is 6.87. The van der Waals surface area contributed by atoms with Crippen LogP contribution in [-0.2, 0) is 16.0 Å². The van der Waals surface area contributed by atoms with Gasteiger partial charge in [0.2, 0.25) is 0 Å². The lowest BCUT2D eigenvalue weighted by Gasteiger charge is -2.14. The topological polar surface area (TPSA) is 143 Å². The van der Waals surface area contributed by atoms with E-state index in [9.17, 15) is 9.59 Å². The molecule has 0 radical (unpaired) electrons. The van der Waals surface area contributed by atoms with Crippen molar-refractivity contribution in [3.8, 4) is 0 Å². The van der Waals surface area contributed by atoms with Gasteiger partial charge in [0.15, 0.2) is 5.13 Å². The number of benzene rings is 1. The van der Waals surface area contributed by atoms with Crippen molar-refractivity contribution in [1.29, 1.82) is 5.41 Å². The zero-order chi connectivity index (χ0) is 22.4. The first-order chi connectivity index (χ1) is 14.9. The minimum absolute atomic E-state index is 0.0579. The first-order valence-electron chi connectivity index (χ1n) is 9.44. The Balaban J connectivity index is 1.74. The molecule has 3 aromatic rings. The van der Waals surface area contributed by atoms with Crippen molar-refractivity contribution in [3.63, 3.8) is 0 Å². The maximum atomic E-state index is 12.7. The number of nitrogens with one attached hydrogen (secondary N) is 3. The summed E-state index contributed by atoms with van der Waals surface area (Å²) in [5, 5.41) is 15.8. The van der Waals surface area contributed by atoms with Gasteiger partial charge in [0.25, 0.3) is 5.91 Å². The molecule has 31 heavy (non-hydrogen) atoms. The zero-order valence-electron chi connectivity index (χ0n) is 17.1. The fourth-order valence-electron chi connectivity index (χ4n) is 2.75. The lowest BCUT2D eigenvalue weighted by atomic mass is 10.1. The molecule has 5 N–H and O–H groups in total. The van der Waals surface area contributed by atoms with Crippen LogP contribution >= 0.6 is 11.3 Å². The Kier molecular flexibility index (Phi) is 6.93. The average molecular weight is 439 g/mol. The summed E-state index contributed by atoms with van der Waals surface area (Å²) in [4.78, 5) is 32.6. The summed E-state index contributed by atoms with van der Waals surface area (Å²) in [5.41, 5.74) is 9.27. The molecule has 0 saturated heterocycles. The molecule has 0 spiro atoms. The van der Waals surface area contributed by atoms with E-state index in [1.165, 1.54) is 11.3 Å². The summed E-state index contributed by atoms with van der Waals surface area (Å²) < 4.78 is 4.91. The van der Waals surface area contributed by atoms with Crippen molar-refractivity contribution in [2.75, 3.05) is 17.2 Å².